The number of nitrogens with one attached hydrogen (secondary N) is 2. The van der Waals surface area contributed by atoms with Crippen molar-refractivity contribution in [2.75, 3.05) is 39.4 Å². The van der Waals surface area contributed by atoms with Crippen molar-refractivity contribution in [1.82, 2.24) is 10.2 Å². The molecule has 0 spiro atoms. The van der Waals surface area contributed by atoms with Crippen LogP contribution < -0.4 is 10.2 Å². The molecule has 0 heterocycles. The van der Waals surface area contributed by atoms with E-state index in [9.17, 15) is 9.59 Å². The van der Waals surface area contributed by atoms with Crippen LogP contribution in [0.25, 0.3) is 0 Å². The van der Waals surface area contributed by atoms with E-state index in [4.69, 9.17) is 11.6 Å². The monoisotopic (exact) mass is 270 g/mol. The van der Waals surface area contributed by atoms with Gasteiger partial charge in [-0.05, 0) is 0 Å². The summed E-state index contributed by atoms with van der Waals surface area (Å²) in [6.07, 6.45) is 0.644. The van der Waals surface area contributed by atoms with Crippen LogP contribution in [0.1, 0.15) is 0 Å². The van der Waals surface area contributed by atoms with Gasteiger partial charge in [0.15, 0.2) is 0 Å². The largest absolute Gasteiger partial charge is 0.468 e. The van der Waals surface area contributed by atoms with Gasteiger partial charge in [-0.2, -0.15) is 0 Å². The molecule has 0 radical (unpaired) electrons. The summed E-state index contributed by atoms with van der Waals surface area (Å²) < 4.78 is 8.96. The molecule has 94 valence electrons. The summed E-state index contributed by atoms with van der Waals surface area (Å²) in [4.78, 5) is 21.8. The second-order valence-electron chi connectivity index (χ2n) is 2.66. The Morgan fingerprint density at radius 1 is 1.12 bits per heavy atom. The number of hydrogen-bond donors (Lipinski definition) is 2. The molecule has 6 nitrogen and oxygen atoms in total. The van der Waals surface area contributed by atoms with Crippen LogP contribution in [0.4, 0.5) is 0 Å². The molecule has 16 heavy (non-hydrogen) atoms. The third-order valence-corrected chi connectivity index (χ3v) is 3.79. The van der Waals surface area contributed by atoms with Gasteiger partial charge in [0.05, 0.1) is 27.3 Å². The van der Waals surface area contributed by atoms with Crippen molar-refractivity contribution in [2.45, 2.75) is 0 Å². The Labute approximate surface area is 101 Å². The highest BCUT2D eigenvalue weighted by Crippen LogP contribution is 2.23. The van der Waals surface area contributed by atoms with E-state index in [-0.39, 0.29) is 25.0 Å². The minimum atomic E-state index is -0.871. The summed E-state index contributed by atoms with van der Waals surface area (Å²) in [6, 6.07) is 0. The SMILES string of the molecule is COC(=O)CNP(CCCl)NCC(=O)OC. The minimum Gasteiger partial charge on any atom is -0.468 e. The topological polar surface area (TPSA) is 76.7 Å². The number of rotatable bonds is 8. The molecular formula is C8H16ClN2O4P. The molecule has 0 rings (SSSR count). The first-order chi connectivity index (χ1) is 7.63. The molecule has 8 heteroatoms. The molecule has 0 bridgehead atoms. The lowest BCUT2D eigenvalue weighted by molar-refractivity contribution is -0.139. The van der Waals surface area contributed by atoms with Crippen molar-refractivity contribution < 1.29 is 19.1 Å². The van der Waals surface area contributed by atoms with E-state index >= 15 is 0 Å². The lowest BCUT2D eigenvalue weighted by Gasteiger charge is -2.17. The van der Waals surface area contributed by atoms with Gasteiger partial charge in [-0.15, -0.1) is 11.6 Å². The van der Waals surface area contributed by atoms with E-state index in [1.165, 1.54) is 14.2 Å². The van der Waals surface area contributed by atoms with E-state index in [0.717, 1.165) is 0 Å². The van der Waals surface area contributed by atoms with Gasteiger partial charge in [-0.1, -0.05) is 0 Å². The van der Waals surface area contributed by atoms with Gasteiger partial charge < -0.3 is 9.47 Å². The van der Waals surface area contributed by atoms with Gasteiger partial charge in [0.1, 0.15) is 0 Å². The number of ether oxygens (including phenoxy) is 2. The van der Waals surface area contributed by atoms with E-state index in [1.807, 2.05) is 0 Å². The third-order valence-electron chi connectivity index (χ3n) is 1.59. The predicted molar refractivity (Wildman–Crippen MR) is 62.5 cm³/mol. The first kappa shape index (κ1) is 15.6. The summed E-state index contributed by atoms with van der Waals surface area (Å²) in [7, 11) is 1.76. The van der Waals surface area contributed by atoms with Crippen LogP contribution >= 0.6 is 19.8 Å². The number of hydrogen-bond acceptors (Lipinski definition) is 6. The summed E-state index contributed by atoms with van der Waals surface area (Å²) in [5.74, 6) is -0.280. The fourth-order valence-electron chi connectivity index (χ4n) is 0.763. The van der Waals surface area contributed by atoms with Gasteiger partial charge >= 0.3 is 11.9 Å². The highest BCUT2D eigenvalue weighted by atomic mass is 35.5. The molecule has 2 N–H and O–H groups in total. The van der Waals surface area contributed by atoms with E-state index in [2.05, 4.69) is 19.6 Å². The minimum absolute atomic E-state index is 0.0905. The second kappa shape index (κ2) is 9.78. The standard InChI is InChI=1S/C8H16ClN2O4P/c1-14-7(12)5-10-16(4-3-9)11-6-8(13)15-2/h10-11H,3-6H2,1-2H3. The van der Waals surface area contributed by atoms with Crippen LogP contribution in [0.3, 0.4) is 0 Å². The molecule has 0 aliphatic heterocycles. The van der Waals surface area contributed by atoms with Gasteiger partial charge in [-0.25, -0.2) is 0 Å². The lowest BCUT2D eigenvalue weighted by Crippen LogP contribution is -2.30. The Morgan fingerprint density at radius 3 is 1.88 bits per heavy atom. The Balaban J connectivity index is 3.87. The zero-order chi connectivity index (χ0) is 12.4. The van der Waals surface area contributed by atoms with Crippen molar-refractivity contribution in [3.8, 4) is 0 Å². The average Bonchev–Trinajstić information content (AvgIpc) is 2.31. The third kappa shape index (κ3) is 7.82. The van der Waals surface area contributed by atoms with Crippen molar-refractivity contribution in [3.63, 3.8) is 0 Å². The van der Waals surface area contributed by atoms with Crippen LogP contribution in [0.15, 0.2) is 0 Å². The van der Waals surface area contributed by atoms with E-state index < -0.39 is 8.22 Å². The van der Waals surface area contributed by atoms with Gasteiger partial charge in [0.25, 0.3) is 0 Å². The summed E-state index contributed by atoms with van der Waals surface area (Å²) in [6.45, 7) is 0.181. The smallest absolute Gasteiger partial charge is 0.319 e. The Hall–Kier alpha value is -0.420. The molecule has 0 unspecified atom stereocenters. The molecule has 0 aromatic rings. The Morgan fingerprint density at radius 2 is 1.56 bits per heavy atom. The molecule has 0 aliphatic carbocycles. The molecule has 0 saturated heterocycles. The first-order valence-corrected chi connectivity index (χ1v) is 6.64. The normalized spacial score (nSPS) is 10.2. The van der Waals surface area contributed by atoms with Crippen molar-refractivity contribution in [3.05, 3.63) is 0 Å². The quantitative estimate of drug-likeness (QED) is 0.369. The number of methoxy groups -OCH3 is 2. The number of carbonyl (C=O) groups is 2. The van der Waals surface area contributed by atoms with Crippen molar-refractivity contribution in [1.29, 1.82) is 0 Å². The zero-order valence-corrected chi connectivity index (χ0v) is 10.9. The molecule has 0 saturated carbocycles. The van der Waals surface area contributed by atoms with Crippen molar-refractivity contribution >= 4 is 31.8 Å². The van der Waals surface area contributed by atoms with Gasteiger partial charge in [0.2, 0.25) is 0 Å². The zero-order valence-electron chi connectivity index (χ0n) is 9.29. The van der Waals surface area contributed by atoms with Gasteiger partial charge in [0, 0.05) is 20.3 Å². The fourth-order valence-corrected chi connectivity index (χ4v) is 2.51. The van der Waals surface area contributed by atoms with E-state index in [0.29, 0.717) is 12.0 Å². The molecule has 0 aromatic carbocycles. The molecule has 0 amide bonds. The highest BCUT2D eigenvalue weighted by Gasteiger charge is 2.11. The molecule has 0 fully saturated rings. The van der Waals surface area contributed by atoms with Crippen LogP contribution in [-0.4, -0.2) is 51.3 Å². The maximum Gasteiger partial charge on any atom is 0.319 e. The highest BCUT2D eigenvalue weighted by molar-refractivity contribution is 7.53. The number of alkyl halides is 1. The van der Waals surface area contributed by atoms with Crippen LogP contribution in [0.5, 0.6) is 0 Å². The summed E-state index contributed by atoms with van der Waals surface area (Å²) >= 11 is 5.60. The second-order valence-corrected chi connectivity index (χ2v) is 4.98. The van der Waals surface area contributed by atoms with Crippen LogP contribution in [0, 0.1) is 0 Å². The van der Waals surface area contributed by atoms with Crippen molar-refractivity contribution in [2.24, 2.45) is 0 Å². The molecular weight excluding hydrogens is 255 g/mol. The average molecular weight is 271 g/mol. The van der Waals surface area contributed by atoms with Crippen LogP contribution in [0.2, 0.25) is 0 Å². The van der Waals surface area contributed by atoms with Gasteiger partial charge in [-0.3, -0.25) is 19.8 Å². The maximum absolute atomic E-state index is 10.9. The maximum atomic E-state index is 10.9. The molecule has 0 aliphatic rings. The Bertz CT molecular complexity index is 210. The fraction of sp³-hybridized carbons (Fsp3) is 0.750. The Kier molecular flexibility index (Phi) is 9.52. The number of carbonyl (C=O) groups excluding carboxylic acids is 2. The first-order valence-electron chi connectivity index (χ1n) is 4.58. The lowest BCUT2D eigenvalue weighted by atomic mass is 10.7. The number of halogens is 1. The number of esters is 2. The van der Waals surface area contributed by atoms with Crippen LogP contribution in [-0.2, 0) is 19.1 Å². The molecule has 0 aromatic heterocycles. The summed E-state index contributed by atoms with van der Waals surface area (Å²) in [5.41, 5.74) is 0. The predicted octanol–water partition coefficient (Wildman–Crippen LogP) is 0.0623. The summed E-state index contributed by atoms with van der Waals surface area (Å²) in [5, 5.41) is 5.88. The van der Waals surface area contributed by atoms with E-state index in [1.54, 1.807) is 0 Å². The molecule has 0 atom stereocenters.